The Labute approximate surface area is 114 Å². The summed E-state index contributed by atoms with van der Waals surface area (Å²) in [6.07, 6.45) is 2.26. The Bertz CT molecular complexity index is 477. The van der Waals surface area contributed by atoms with Crippen LogP contribution in [0, 0.1) is 24.2 Å². The maximum Gasteiger partial charge on any atom is 0.224 e. The number of carbonyl (C=O) groups is 1. The summed E-state index contributed by atoms with van der Waals surface area (Å²) in [4.78, 5) is 11.8. The van der Waals surface area contributed by atoms with Crippen LogP contribution < -0.4 is 11.1 Å². The maximum atomic E-state index is 11.8. The Hall–Kier alpha value is -1.86. The van der Waals surface area contributed by atoms with Crippen molar-refractivity contribution in [1.82, 2.24) is 0 Å². The summed E-state index contributed by atoms with van der Waals surface area (Å²) >= 11 is 0. The molecule has 0 aliphatic rings. The molecule has 1 atom stereocenters. The fraction of sp³-hybridized carbons (Fsp3) is 0.467. The molecule has 0 saturated carbocycles. The molecule has 0 aliphatic heterocycles. The Balaban J connectivity index is 2.55. The smallest absolute Gasteiger partial charge is 0.224 e. The molecule has 102 valence electrons. The average Bonchev–Trinajstić information content (AvgIpc) is 2.39. The summed E-state index contributed by atoms with van der Waals surface area (Å²) in [5.74, 6) is 0.448. The number of nitrogens with one attached hydrogen (secondary N) is 1. The molecule has 0 radical (unpaired) electrons. The van der Waals surface area contributed by atoms with E-state index in [1.807, 2.05) is 13.0 Å². The quantitative estimate of drug-likeness (QED) is 0.824. The van der Waals surface area contributed by atoms with Crippen molar-refractivity contribution < 1.29 is 4.79 Å². The van der Waals surface area contributed by atoms with Crippen LogP contribution in [-0.4, -0.2) is 12.5 Å². The van der Waals surface area contributed by atoms with Crippen molar-refractivity contribution in [2.45, 2.75) is 33.1 Å². The second-order valence-corrected chi connectivity index (χ2v) is 4.91. The lowest BCUT2D eigenvalue weighted by atomic mass is 10.0. The second-order valence-electron chi connectivity index (χ2n) is 4.91. The van der Waals surface area contributed by atoms with E-state index in [4.69, 9.17) is 11.0 Å². The molecule has 0 spiro atoms. The predicted molar refractivity (Wildman–Crippen MR) is 76.6 cm³/mol. The van der Waals surface area contributed by atoms with Gasteiger partial charge < -0.3 is 11.1 Å². The lowest BCUT2D eigenvalue weighted by Crippen LogP contribution is -2.14. The fourth-order valence-corrected chi connectivity index (χ4v) is 1.85. The summed E-state index contributed by atoms with van der Waals surface area (Å²) in [5.41, 5.74) is 7.71. The van der Waals surface area contributed by atoms with Crippen molar-refractivity contribution in [3.05, 3.63) is 29.3 Å². The fourth-order valence-electron chi connectivity index (χ4n) is 1.85. The van der Waals surface area contributed by atoms with Gasteiger partial charge in [-0.2, -0.15) is 5.26 Å². The first kappa shape index (κ1) is 15.2. The molecule has 4 heteroatoms. The van der Waals surface area contributed by atoms with Gasteiger partial charge in [0, 0.05) is 12.1 Å². The molecule has 1 rings (SSSR count). The number of anilines is 1. The molecule has 1 aromatic rings. The number of hydrogen-bond acceptors (Lipinski definition) is 3. The number of nitrogens with zero attached hydrogens (tertiary/aromatic N) is 1. The number of nitriles is 1. The number of rotatable bonds is 6. The topological polar surface area (TPSA) is 78.9 Å². The largest absolute Gasteiger partial charge is 0.330 e. The van der Waals surface area contributed by atoms with Crippen LogP contribution in [-0.2, 0) is 4.79 Å². The van der Waals surface area contributed by atoms with Crippen LogP contribution in [0.2, 0.25) is 0 Å². The van der Waals surface area contributed by atoms with Crippen LogP contribution in [0.5, 0.6) is 0 Å². The van der Waals surface area contributed by atoms with E-state index < -0.39 is 0 Å². The van der Waals surface area contributed by atoms with E-state index in [1.165, 1.54) is 0 Å². The molecule has 0 fully saturated rings. The van der Waals surface area contributed by atoms with Gasteiger partial charge in [0.05, 0.1) is 11.6 Å². The van der Waals surface area contributed by atoms with E-state index in [0.29, 0.717) is 24.4 Å². The number of aryl methyl sites for hydroxylation is 1. The molecule has 1 amide bonds. The minimum absolute atomic E-state index is 0.0120. The highest BCUT2D eigenvalue weighted by Crippen LogP contribution is 2.17. The lowest BCUT2D eigenvalue weighted by Gasteiger charge is -2.11. The standard InChI is InChI=1S/C15H21N3O/c1-11(7-8-16)3-6-15(19)18-14-9-13(10-17)5-4-12(14)2/h4-5,9,11H,3,6-8,16H2,1-2H3,(H,18,19). The average molecular weight is 259 g/mol. The Morgan fingerprint density at radius 1 is 1.47 bits per heavy atom. The summed E-state index contributed by atoms with van der Waals surface area (Å²) in [5, 5.41) is 11.7. The molecular formula is C15H21N3O. The molecule has 1 aromatic carbocycles. The third kappa shape index (κ3) is 5.11. The van der Waals surface area contributed by atoms with Crippen molar-refractivity contribution >= 4 is 11.6 Å². The highest BCUT2D eigenvalue weighted by atomic mass is 16.1. The molecule has 4 nitrogen and oxygen atoms in total. The van der Waals surface area contributed by atoms with Gasteiger partial charge in [0.25, 0.3) is 0 Å². The summed E-state index contributed by atoms with van der Waals surface area (Å²) in [7, 11) is 0. The van der Waals surface area contributed by atoms with Crippen LogP contribution in [0.15, 0.2) is 18.2 Å². The predicted octanol–water partition coefficient (Wildman–Crippen LogP) is 2.57. The van der Waals surface area contributed by atoms with E-state index in [-0.39, 0.29) is 5.91 Å². The first-order valence-corrected chi connectivity index (χ1v) is 6.57. The zero-order chi connectivity index (χ0) is 14.3. The monoisotopic (exact) mass is 259 g/mol. The van der Waals surface area contributed by atoms with Crippen molar-refractivity contribution in [1.29, 1.82) is 5.26 Å². The zero-order valence-electron chi connectivity index (χ0n) is 11.6. The van der Waals surface area contributed by atoms with Gasteiger partial charge in [0.15, 0.2) is 0 Å². The molecule has 1 unspecified atom stereocenters. The maximum absolute atomic E-state index is 11.8. The van der Waals surface area contributed by atoms with Crippen LogP contribution in [0.25, 0.3) is 0 Å². The first-order valence-electron chi connectivity index (χ1n) is 6.57. The van der Waals surface area contributed by atoms with Gasteiger partial charge >= 0.3 is 0 Å². The van der Waals surface area contributed by atoms with Gasteiger partial charge in [-0.05, 0) is 49.9 Å². The Morgan fingerprint density at radius 2 is 2.21 bits per heavy atom. The molecule has 0 bridgehead atoms. The van der Waals surface area contributed by atoms with Crippen molar-refractivity contribution in [2.24, 2.45) is 11.7 Å². The number of amides is 1. The highest BCUT2D eigenvalue weighted by molar-refractivity contribution is 5.91. The number of benzene rings is 1. The van der Waals surface area contributed by atoms with E-state index in [1.54, 1.807) is 12.1 Å². The molecule has 3 N–H and O–H groups in total. The van der Waals surface area contributed by atoms with E-state index in [0.717, 1.165) is 24.1 Å². The zero-order valence-corrected chi connectivity index (χ0v) is 11.6. The second kappa shape index (κ2) is 7.55. The molecule has 0 heterocycles. The number of carbonyl (C=O) groups excluding carboxylic acids is 1. The molecule has 0 aliphatic carbocycles. The minimum Gasteiger partial charge on any atom is -0.330 e. The summed E-state index contributed by atoms with van der Waals surface area (Å²) in [6.45, 7) is 4.67. The molecular weight excluding hydrogens is 238 g/mol. The Morgan fingerprint density at radius 3 is 2.84 bits per heavy atom. The van der Waals surface area contributed by atoms with Crippen LogP contribution in [0.3, 0.4) is 0 Å². The summed E-state index contributed by atoms with van der Waals surface area (Å²) in [6, 6.07) is 7.36. The van der Waals surface area contributed by atoms with Crippen LogP contribution >= 0.6 is 0 Å². The number of hydrogen-bond donors (Lipinski definition) is 2. The molecule has 19 heavy (non-hydrogen) atoms. The third-order valence-corrected chi connectivity index (χ3v) is 3.16. The SMILES string of the molecule is Cc1ccc(C#N)cc1NC(=O)CCC(C)CCN. The van der Waals surface area contributed by atoms with Crippen LogP contribution in [0.4, 0.5) is 5.69 Å². The van der Waals surface area contributed by atoms with E-state index in [9.17, 15) is 4.79 Å². The van der Waals surface area contributed by atoms with Gasteiger partial charge in [0.2, 0.25) is 5.91 Å². The van der Waals surface area contributed by atoms with Gasteiger partial charge in [-0.15, -0.1) is 0 Å². The highest BCUT2D eigenvalue weighted by Gasteiger charge is 2.08. The van der Waals surface area contributed by atoms with Crippen molar-refractivity contribution in [3.63, 3.8) is 0 Å². The number of nitrogens with two attached hydrogens (primary N) is 1. The third-order valence-electron chi connectivity index (χ3n) is 3.16. The minimum atomic E-state index is -0.0120. The molecule has 0 aromatic heterocycles. The normalized spacial score (nSPS) is 11.7. The van der Waals surface area contributed by atoms with Gasteiger partial charge in [-0.1, -0.05) is 13.0 Å². The van der Waals surface area contributed by atoms with E-state index in [2.05, 4.69) is 18.3 Å². The van der Waals surface area contributed by atoms with Crippen molar-refractivity contribution in [3.8, 4) is 6.07 Å². The Kier molecular flexibility index (Phi) is 6.04. The van der Waals surface area contributed by atoms with Gasteiger partial charge in [-0.3, -0.25) is 4.79 Å². The molecule has 0 saturated heterocycles. The van der Waals surface area contributed by atoms with Gasteiger partial charge in [0.1, 0.15) is 0 Å². The lowest BCUT2D eigenvalue weighted by molar-refractivity contribution is -0.116. The van der Waals surface area contributed by atoms with Crippen molar-refractivity contribution in [2.75, 3.05) is 11.9 Å². The first-order chi connectivity index (χ1) is 9.06. The summed E-state index contributed by atoms with van der Waals surface area (Å²) < 4.78 is 0. The van der Waals surface area contributed by atoms with Crippen LogP contribution in [0.1, 0.15) is 37.3 Å². The van der Waals surface area contributed by atoms with E-state index >= 15 is 0 Å². The van der Waals surface area contributed by atoms with Gasteiger partial charge in [-0.25, -0.2) is 0 Å².